The smallest absolute Gasteiger partial charge is 0.260 e. The highest BCUT2D eigenvalue weighted by Gasteiger charge is 2.33. The van der Waals surface area contributed by atoms with Crippen LogP contribution in [0.1, 0.15) is 30.4 Å². The van der Waals surface area contributed by atoms with Crippen molar-refractivity contribution in [1.82, 2.24) is 9.80 Å². The molecule has 2 aliphatic rings. The Labute approximate surface area is 202 Å². The minimum atomic E-state index is -0.0825. The normalized spacial score (nSPS) is 15.7. The topological polar surface area (TPSA) is 62.3 Å². The molecule has 2 amide bonds. The lowest BCUT2D eigenvalue weighted by Gasteiger charge is -2.37. The van der Waals surface area contributed by atoms with Crippen molar-refractivity contribution in [3.63, 3.8) is 0 Å². The summed E-state index contributed by atoms with van der Waals surface area (Å²) in [5.41, 5.74) is 3.85. The number of hydrogen-bond donors (Lipinski definition) is 0. The van der Waals surface area contributed by atoms with Gasteiger partial charge in [-0.3, -0.25) is 9.59 Å². The van der Waals surface area contributed by atoms with E-state index < -0.39 is 0 Å². The maximum absolute atomic E-state index is 12.9. The van der Waals surface area contributed by atoms with E-state index in [-0.39, 0.29) is 24.5 Å². The maximum atomic E-state index is 12.9. The van der Waals surface area contributed by atoms with Gasteiger partial charge in [0, 0.05) is 50.9 Å². The lowest BCUT2D eigenvalue weighted by atomic mass is 10.1. The minimum absolute atomic E-state index is 0.0560. The third-order valence-electron chi connectivity index (χ3n) is 6.84. The average Bonchev–Trinajstić information content (AvgIpc) is 3.70. The van der Waals surface area contributed by atoms with Crippen molar-refractivity contribution in [3.8, 4) is 11.5 Å². The zero-order valence-corrected chi connectivity index (χ0v) is 20.5. The van der Waals surface area contributed by atoms with Crippen LogP contribution in [0.3, 0.4) is 0 Å². The van der Waals surface area contributed by atoms with E-state index in [0.717, 1.165) is 25.9 Å². The molecule has 0 N–H and O–H groups in total. The van der Waals surface area contributed by atoms with Crippen molar-refractivity contribution in [2.75, 3.05) is 51.3 Å². The fourth-order valence-corrected chi connectivity index (χ4v) is 4.51. The number of amides is 2. The van der Waals surface area contributed by atoms with Gasteiger partial charge in [-0.2, -0.15) is 0 Å². The standard InChI is InChI=1S/C27H35N3O4/c1-20-7-6-8-23(21(20)2)28-15-17-29(18-16-28)26(31)13-14-30(22-11-12-22)27(32)19-34-25-10-5-4-9-24(25)33-3/h4-10,22H,11-19H2,1-3H3. The second kappa shape index (κ2) is 10.8. The number of ether oxygens (including phenoxy) is 2. The molecule has 1 saturated carbocycles. The number of anilines is 1. The molecule has 182 valence electrons. The fourth-order valence-electron chi connectivity index (χ4n) is 4.51. The van der Waals surface area contributed by atoms with Crippen LogP contribution in [0.25, 0.3) is 0 Å². The summed E-state index contributed by atoms with van der Waals surface area (Å²) in [7, 11) is 1.58. The van der Waals surface area contributed by atoms with Gasteiger partial charge in [0.05, 0.1) is 7.11 Å². The number of hydrogen-bond acceptors (Lipinski definition) is 5. The largest absolute Gasteiger partial charge is 0.493 e. The summed E-state index contributed by atoms with van der Waals surface area (Å²) in [5, 5.41) is 0. The van der Waals surface area contributed by atoms with Crippen LogP contribution in [0, 0.1) is 13.8 Å². The monoisotopic (exact) mass is 465 g/mol. The summed E-state index contributed by atoms with van der Waals surface area (Å²) < 4.78 is 11.0. The Morgan fingerprint density at radius 3 is 2.35 bits per heavy atom. The van der Waals surface area contributed by atoms with E-state index in [9.17, 15) is 9.59 Å². The number of para-hydroxylation sites is 2. The Balaban J connectivity index is 1.26. The Bertz CT molecular complexity index is 1010. The summed E-state index contributed by atoms with van der Waals surface area (Å²) in [5.74, 6) is 1.18. The molecular formula is C27H35N3O4. The summed E-state index contributed by atoms with van der Waals surface area (Å²) in [4.78, 5) is 31.9. The number of methoxy groups -OCH3 is 1. The second-order valence-electron chi connectivity index (χ2n) is 9.09. The molecule has 2 aromatic rings. The van der Waals surface area contributed by atoms with Crippen LogP contribution in [-0.2, 0) is 9.59 Å². The van der Waals surface area contributed by atoms with Crippen molar-refractivity contribution in [2.24, 2.45) is 0 Å². The molecule has 0 aromatic heterocycles. The molecule has 1 heterocycles. The molecule has 0 atom stereocenters. The van der Waals surface area contributed by atoms with E-state index in [4.69, 9.17) is 9.47 Å². The maximum Gasteiger partial charge on any atom is 0.260 e. The van der Waals surface area contributed by atoms with Gasteiger partial charge in [-0.25, -0.2) is 0 Å². The molecular weight excluding hydrogens is 430 g/mol. The van der Waals surface area contributed by atoms with Crippen LogP contribution < -0.4 is 14.4 Å². The Morgan fingerprint density at radius 1 is 0.971 bits per heavy atom. The molecule has 4 rings (SSSR count). The second-order valence-corrected chi connectivity index (χ2v) is 9.09. The molecule has 0 radical (unpaired) electrons. The SMILES string of the molecule is COc1ccccc1OCC(=O)N(CCC(=O)N1CCN(c2cccc(C)c2C)CC1)C1CC1. The predicted octanol–water partition coefficient (Wildman–Crippen LogP) is 3.42. The Morgan fingerprint density at radius 2 is 1.68 bits per heavy atom. The van der Waals surface area contributed by atoms with Crippen molar-refractivity contribution in [2.45, 2.75) is 39.2 Å². The van der Waals surface area contributed by atoms with Crippen LogP contribution in [0.15, 0.2) is 42.5 Å². The van der Waals surface area contributed by atoms with Gasteiger partial charge in [-0.1, -0.05) is 24.3 Å². The van der Waals surface area contributed by atoms with Gasteiger partial charge in [0.15, 0.2) is 18.1 Å². The minimum Gasteiger partial charge on any atom is -0.493 e. The molecule has 34 heavy (non-hydrogen) atoms. The van der Waals surface area contributed by atoms with Crippen molar-refractivity contribution >= 4 is 17.5 Å². The predicted molar refractivity (Wildman–Crippen MR) is 133 cm³/mol. The van der Waals surface area contributed by atoms with E-state index in [1.807, 2.05) is 21.9 Å². The first kappa shape index (κ1) is 23.9. The number of rotatable bonds is 9. The Kier molecular flexibility index (Phi) is 7.60. The molecule has 0 unspecified atom stereocenters. The molecule has 1 aliphatic carbocycles. The average molecular weight is 466 g/mol. The van der Waals surface area contributed by atoms with Gasteiger partial charge in [0.25, 0.3) is 5.91 Å². The van der Waals surface area contributed by atoms with E-state index >= 15 is 0 Å². The quantitative estimate of drug-likeness (QED) is 0.568. The van der Waals surface area contributed by atoms with E-state index in [0.29, 0.717) is 37.6 Å². The number of carbonyl (C=O) groups is 2. The van der Waals surface area contributed by atoms with E-state index in [1.165, 1.54) is 16.8 Å². The fraction of sp³-hybridized carbons (Fsp3) is 0.481. The van der Waals surface area contributed by atoms with Gasteiger partial charge in [-0.15, -0.1) is 0 Å². The first-order valence-electron chi connectivity index (χ1n) is 12.1. The highest BCUT2D eigenvalue weighted by atomic mass is 16.5. The summed E-state index contributed by atoms with van der Waals surface area (Å²) in [6, 6.07) is 13.9. The molecule has 1 saturated heterocycles. The molecule has 0 spiro atoms. The van der Waals surface area contributed by atoms with Crippen molar-refractivity contribution < 1.29 is 19.1 Å². The van der Waals surface area contributed by atoms with Crippen LogP contribution in [0.4, 0.5) is 5.69 Å². The number of carbonyl (C=O) groups excluding carboxylic acids is 2. The lowest BCUT2D eigenvalue weighted by molar-refractivity contribution is -0.136. The molecule has 7 nitrogen and oxygen atoms in total. The zero-order valence-electron chi connectivity index (χ0n) is 20.5. The lowest BCUT2D eigenvalue weighted by Crippen LogP contribution is -2.49. The third-order valence-corrected chi connectivity index (χ3v) is 6.84. The van der Waals surface area contributed by atoms with Crippen LogP contribution >= 0.6 is 0 Å². The van der Waals surface area contributed by atoms with Crippen LogP contribution in [0.2, 0.25) is 0 Å². The number of nitrogens with zero attached hydrogens (tertiary/aromatic N) is 3. The van der Waals surface area contributed by atoms with Crippen molar-refractivity contribution in [1.29, 1.82) is 0 Å². The van der Waals surface area contributed by atoms with Gasteiger partial charge in [0.1, 0.15) is 0 Å². The first-order valence-corrected chi connectivity index (χ1v) is 12.1. The third kappa shape index (κ3) is 5.64. The summed E-state index contributed by atoms with van der Waals surface area (Å²) in [6.07, 6.45) is 2.33. The Hall–Kier alpha value is -3.22. The van der Waals surface area contributed by atoms with E-state index in [2.05, 4.69) is 36.9 Å². The molecule has 0 bridgehead atoms. The zero-order chi connectivity index (χ0) is 24.1. The number of benzene rings is 2. The van der Waals surface area contributed by atoms with Crippen molar-refractivity contribution in [3.05, 3.63) is 53.6 Å². The van der Waals surface area contributed by atoms with E-state index in [1.54, 1.807) is 19.2 Å². The molecule has 2 fully saturated rings. The molecule has 2 aromatic carbocycles. The molecule has 7 heteroatoms. The highest BCUT2D eigenvalue weighted by molar-refractivity contribution is 5.81. The first-order chi connectivity index (χ1) is 16.5. The van der Waals surface area contributed by atoms with Gasteiger partial charge in [0.2, 0.25) is 5.91 Å². The van der Waals surface area contributed by atoms with Crippen LogP contribution in [0.5, 0.6) is 11.5 Å². The molecule has 1 aliphatic heterocycles. The van der Waals surface area contributed by atoms with Gasteiger partial charge >= 0.3 is 0 Å². The highest BCUT2D eigenvalue weighted by Crippen LogP contribution is 2.29. The van der Waals surface area contributed by atoms with Crippen LogP contribution in [-0.4, -0.2) is 74.1 Å². The number of aryl methyl sites for hydroxylation is 1. The summed E-state index contributed by atoms with van der Waals surface area (Å²) >= 11 is 0. The number of piperazine rings is 1. The van der Waals surface area contributed by atoms with Gasteiger partial charge in [-0.05, 0) is 56.0 Å². The van der Waals surface area contributed by atoms with Gasteiger partial charge < -0.3 is 24.2 Å². The summed E-state index contributed by atoms with van der Waals surface area (Å²) in [6.45, 7) is 7.74.